The molecule has 0 aliphatic heterocycles. The van der Waals surface area contributed by atoms with E-state index < -0.39 is 0 Å². The number of aryl methyl sites for hydroxylation is 1. The Labute approximate surface area is 246 Å². The molecule has 222 valence electrons. The molecule has 0 spiro atoms. The molecule has 0 amide bonds. The first kappa shape index (κ1) is 40.9. The van der Waals surface area contributed by atoms with E-state index in [1.54, 1.807) is 20.0 Å². The Balaban J connectivity index is -0.000000518. The summed E-state index contributed by atoms with van der Waals surface area (Å²) in [6, 6.07) is 11.7. The van der Waals surface area contributed by atoms with E-state index in [1.807, 2.05) is 84.0 Å². The number of carbonyl (C=O) groups excluding carboxylic acids is 2. The van der Waals surface area contributed by atoms with Crippen molar-refractivity contribution in [2.24, 2.45) is 0 Å². The summed E-state index contributed by atoms with van der Waals surface area (Å²) in [6.45, 7) is 21.7. The first-order valence-electron chi connectivity index (χ1n) is 14.5. The first-order chi connectivity index (χ1) is 19.2. The molecule has 0 bridgehead atoms. The number of rotatable bonds is 11. The molecule has 0 saturated heterocycles. The van der Waals surface area contributed by atoms with Gasteiger partial charge in [-0.3, -0.25) is 9.59 Å². The number of aromatic amines is 1. The van der Waals surface area contributed by atoms with Crippen molar-refractivity contribution < 1.29 is 9.59 Å². The maximum absolute atomic E-state index is 11.9. The molecule has 1 heterocycles. The largest absolute Gasteiger partial charge is 0.385 e. The molecule has 1 aromatic heterocycles. The number of hydrogen-bond acceptors (Lipinski definition) is 3. The smallest absolute Gasteiger partial charge is 0.182 e. The summed E-state index contributed by atoms with van der Waals surface area (Å²) in [5.74, 6) is 0.227. The molecule has 0 fully saturated rings. The molecule has 0 saturated carbocycles. The van der Waals surface area contributed by atoms with Gasteiger partial charge in [0.25, 0.3) is 0 Å². The van der Waals surface area contributed by atoms with Crippen molar-refractivity contribution in [3.63, 3.8) is 0 Å². The molecule has 2 N–H and O–H groups in total. The van der Waals surface area contributed by atoms with Gasteiger partial charge in [0.05, 0.1) is 5.70 Å². The van der Waals surface area contributed by atoms with E-state index in [0.29, 0.717) is 6.42 Å². The normalized spacial score (nSPS) is 10.3. The highest BCUT2D eigenvalue weighted by molar-refractivity contribution is 5.97. The van der Waals surface area contributed by atoms with Crippen LogP contribution < -0.4 is 5.32 Å². The van der Waals surface area contributed by atoms with Crippen LogP contribution in [0.15, 0.2) is 72.0 Å². The summed E-state index contributed by atoms with van der Waals surface area (Å²) in [6.07, 6.45) is 18.5. The van der Waals surface area contributed by atoms with Crippen molar-refractivity contribution in [3.8, 4) is 24.1 Å². The van der Waals surface area contributed by atoms with Crippen LogP contribution >= 0.6 is 0 Å². The van der Waals surface area contributed by atoms with Crippen LogP contribution in [0, 0.1) is 19.8 Å². The van der Waals surface area contributed by atoms with Crippen LogP contribution in [0.3, 0.4) is 0 Å². The lowest BCUT2D eigenvalue weighted by Gasteiger charge is -2.09. The number of hydrogen-bond donors (Lipinski definition) is 2. The lowest BCUT2D eigenvalue weighted by Crippen LogP contribution is -2.18. The zero-order valence-electron chi connectivity index (χ0n) is 27.0. The van der Waals surface area contributed by atoms with Gasteiger partial charge in [0, 0.05) is 30.4 Å². The third-order valence-electron chi connectivity index (χ3n) is 5.85. The van der Waals surface area contributed by atoms with Crippen LogP contribution in [0.25, 0.3) is 11.3 Å². The fraction of sp³-hybridized carbons (Fsp3) is 0.444. The lowest BCUT2D eigenvalue weighted by atomic mass is 10.0. The zero-order chi connectivity index (χ0) is 31.5. The topological polar surface area (TPSA) is 62.0 Å². The standard InChI is InChI=1S/C13H13NO.C13H21NO.C6H14.C2H6.C2H2/c1-9-6-7-13(14-9)12-5-3-4-11(8-12)10(2)15;1-6-10(4)13(14-5)12(15)9-11(7-2)8-3;1-3-5-6-4-2;2*1-2/h3-8,14H,1-2H3;7-8,14H,2,6,9H2,1,3-5H3;3-6H2,1-2H3;1-2H3;1-2H/b;11-8+,13-10-;;;. The second kappa shape index (κ2) is 27.0. The number of likely N-dealkylation sites (N-methyl/N-ethyl adjacent to an activating group) is 1. The van der Waals surface area contributed by atoms with Gasteiger partial charge < -0.3 is 10.3 Å². The Morgan fingerprint density at radius 3 is 1.95 bits per heavy atom. The van der Waals surface area contributed by atoms with Gasteiger partial charge >= 0.3 is 0 Å². The molecule has 1 aromatic carbocycles. The number of benzene rings is 1. The molecule has 0 radical (unpaired) electrons. The number of nitrogens with one attached hydrogen (secondary N) is 2. The average Bonchev–Trinajstić information content (AvgIpc) is 3.44. The number of H-pyrrole nitrogens is 1. The van der Waals surface area contributed by atoms with Crippen molar-refractivity contribution in [1.29, 1.82) is 0 Å². The van der Waals surface area contributed by atoms with Gasteiger partial charge in [0.15, 0.2) is 11.6 Å². The highest BCUT2D eigenvalue weighted by Crippen LogP contribution is 2.19. The maximum Gasteiger partial charge on any atom is 0.182 e. The molecular weight excluding hydrogens is 492 g/mol. The molecular formula is C36H56N2O2. The summed E-state index contributed by atoms with van der Waals surface area (Å²) in [5, 5.41) is 2.97. The van der Waals surface area contributed by atoms with Gasteiger partial charge in [-0.25, -0.2) is 0 Å². The van der Waals surface area contributed by atoms with Gasteiger partial charge in [-0.15, -0.1) is 12.8 Å². The number of Topliss-reactive ketones (excluding diaryl/α,β-unsaturated/α-hetero) is 2. The average molecular weight is 549 g/mol. The van der Waals surface area contributed by atoms with Crippen molar-refractivity contribution in [2.45, 2.75) is 101 Å². The second-order valence-electron chi connectivity index (χ2n) is 8.83. The van der Waals surface area contributed by atoms with E-state index in [4.69, 9.17) is 0 Å². The monoisotopic (exact) mass is 548 g/mol. The van der Waals surface area contributed by atoms with Crippen LogP contribution in [0.5, 0.6) is 0 Å². The highest BCUT2D eigenvalue weighted by atomic mass is 16.1. The predicted octanol–water partition coefficient (Wildman–Crippen LogP) is 10.0. The van der Waals surface area contributed by atoms with Crippen molar-refractivity contribution in [2.75, 3.05) is 7.05 Å². The van der Waals surface area contributed by atoms with E-state index in [0.717, 1.165) is 45.8 Å². The number of carbonyl (C=O) groups is 2. The molecule has 4 nitrogen and oxygen atoms in total. The number of terminal acetylenes is 1. The molecule has 0 aliphatic rings. The molecule has 0 unspecified atom stereocenters. The number of aromatic nitrogens is 1. The number of unbranched alkanes of at least 4 members (excludes halogenated alkanes) is 3. The van der Waals surface area contributed by atoms with Gasteiger partial charge in [-0.05, 0) is 69.0 Å². The summed E-state index contributed by atoms with van der Waals surface area (Å²) in [7, 11) is 1.79. The minimum atomic E-state index is 0.0973. The third kappa shape index (κ3) is 17.8. The Hall–Kier alpha value is -3.58. The van der Waals surface area contributed by atoms with E-state index >= 15 is 0 Å². The SMILES string of the molecule is C#C.C=C/C(=C\C)CC(=O)/C(NC)=C(\C)CC.CC.CC(=O)c1cccc(-c2ccc(C)[nH]2)c1.CCCCCC. The van der Waals surface area contributed by atoms with Gasteiger partial charge in [-0.2, -0.15) is 0 Å². The Kier molecular flexibility index (Phi) is 27.6. The van der Waals surface area contributed by atoms with E-state index in [-0.39, 0.29) is 11.6 Å². The Morgan fingerprint density at radius 2 is 1.57 bits per heavy atom. The summed E-state index contributed by atoms with van der Waals surface area (Å²) in [4.78, 5) is 26.4. The van der Waals surface area contributed by atoms with Crippen LogP contribution in [-0.4, -0.2) is 23.6 Å². The zero-order valence-corrected chi connectivity index (χ0v) is 27.0. The second-order valence-corrected chi connectivity index (χ2v) is 8.83. The highest BCUT2D eigenvalue weighted by Gasteiger charge is 2.11. The van der Waals surface area contributed by atoms with Crippen molar-refractivity contribution in [1.82, 2.24) is 10.3 Å². The van der Waals surface area contributed by atoms with Crippen LogP contribution in [0.1, 0.15) is 110 Å². The Morgan fingerprint density at radius 1 is 1.00 bits per heavy atom. The minimum Gasteiger partial charge on any atom is -0.385 e. The van der Waals surface area contributed by atoms with E-state index in [9.17, 15) is 9.59 Å². The molecule has 0 aliphatic carbocycles. The summed E-state index contributed by atoms with van der Waals surface area (Å²) < 4.78 is 0. The predicted molar refractivity (Wildman–Crippen MR) is 178 cm³/mol. The molecule has 0 atom stereocenters. The van der Waals surface area contributed by atoms with Gasteiger partial charge in [-0.1, -0.05) is 97.2 Å². The van der Waals surface area contributed by atoms with Crippen LogP contribution in [0.4, 0.5) is 0 Å². The fourth-order valence-electron chi connectivity index (χ4n) is 3.41. The lowest BCUT2D eigenvalue weighted by molar-refractivity contribution is -0.115. The quantitative estimate of drug-likeness (QED) is 0.0965. The third-order valence-corrected chi connectivity index (χ3v) is 5.85. The van der Waals surface area contributed by atoms with Crippen molar-refractivity contribution in [3.05, 3.63) is 83.2 Å². The van der Waals surface area contributed by atoms with E-state index in [1.165, 1.54) is 25.7 Å². The van der Waals surface area contributed by atoms with Crippen LogP contribution in [-0.2, 0) is 4.79 Å². The van der Waals surface area contributed by atoms with Crippen molar-refractivity contribution >= 4 is 11.6 Å². The van der Waals surface area contributed by atoms with Gasteiger partial charge in [0.1, 0.15) is 0 Å². The molecule has 2 rings (SSSR count). The first-order valence-corrected chi connectivity index (χ1v) is 14.5. The summed E-state index contributed by atoms with van der Waals surface area (Å²) >= 11 is 0. The molecule has 2 aromatic rings. The molecule has 40 heavy (non-hydrogen) atoms. The molecule has 4 heteroatoms. The van der Waals surface area contributed by atoms with E-state index in [2.05, 4.69) is 43.6 Å². The minimum absolute atomic E-state index is 0.0973. The number of ketones is 2. The summed E-state index contributed by atoms with van der Waals surface area (Å²) in [5.41, 5.74) is 6.78. The fourth-order valence-corrected chi connectivity index (χ4v) is 3.41. The Bertz CT molecular complexity index is 1050. The van der Waals surface area contributed by atoms with Gasteiger partial charge in [0.2, 0.25) is 0 Å². The number of allylic oxidation sites excluding steroid dienone is 5. The maximum atomic E-state index is 11.9. The van der Waals surface area contributed by atoms with Crippen LogP contribution in [0.2, 0.25) is 0 Å².